The molecule has 0 aliphatic rings. The topological polar surface area (TPSA) is 167 Å². The summed E-state index contributed by atoms with van der Waals surface area (Å²) in [6.07, 6.45) is 16.0. The predicted octanol–water partition coefficient (Wildman–Crippen LogP) is 3.14. The van der Waals surface area contributed by atoms with E-state index in [0.717, 1.165) is 37.2 Å². The van der Waals surface area contributed by atoms with Gasteiger partial charge in [0.25, 0.3) is 0 Å². The summed E-state index contributed by atoms with van der Waals surface area (Å²) >= 11 is 3.00. The van der Waals surface area contributed by atoms with Crippen LogP contribution in [0.4, 0.5) is 0 Å². The van der Waals surface area contributed by atoms with E-state index in [2.05, 4.69) is 10.7 Å². The molecule has 0 bridgehead atoms. The molecule has 0 radical (unpaired) electrons. The van der Waals surface area contributed by atoms with Crippen LogP contribution in [0.3, 0.4) is 0 Å². The van der Waals surface area contributed by atoms with Crippen molar-refractivity contribution < 1.29 is 61.9 Å². The Labute approximate surface area is 284 Å². The molecule has 1 unspecified atom stereocenters. The first-order valence-electron chi connectivity index (χ1n) is 14.7. The number of thioether (sulfide) groups is 2. The minimum Gasteiger partial charge on any atom is -0.465 e. The maximum Gasteiger partial charge on any atom is 0.384 e. The fraction of sp³-hybridized carbons (Fsp3) is 0.562. The van der Waals surface area contributed by atoms with Gasteiger partial charge >= 0.3 is 35.8 Å². The summed E-state index contributed by atoms with van der Waals surface area (Å²) in [6, 6.07) is 0. The van der Waals surface area contributed by atoms with Crippen molar-refractivity contribution in [3.8, 4) is 24.7 Å². The normalized spacial score (nSPS) is 11.2. The minimum atomic E-state index is -0.807. The molecule has 0 heterocycles. The smallest absolute Gasteiger partial charge is 0.384 e. The molecule has 0 fully saturated rings. The van der Waals surface area contributed by atoms with Crippen molar-refractivity contribution in [2.24, 2.45) is 0 Å². The van der Waals surface area contributed by atoms with E-state index in [1.165, 1.54) is 42.6 Å². The fourth-order valence-electron chi connectivity index (χ4n) is 2.95. The molecule has 47 heavy (non-hydrogen) atoms. The molecule has 0 amide bonds. The van der Waals surface area contributed by atoms with Crippen LogP contribution >= 0.6 is 23.5 Å². The standard InChI is InChI=1S/C32H42O13S2/c1-4-14-39-27(24-44-26(3)33)25-45-30(36)13-22-47-20-9-7-6-8-19-46-21-12-29(35)41-16-11-18-43-32(38)23-31(37)42-17-10-15-40-28(34)5-2/h1-2,12-13,21-22,27H,6-11,14-20,23-25H2,3H3/b21-12+,22-13+. The summed E-state index contributed by atoms with van der Waals surface area (Å²) in [5.74, 6) is 1.94. The highest BCUT2D eigenvalue weighted by Gasteiger charge is 2.14. The van der Waals surface area contributed by atoms with Gasteiger partial charge in [0.15, 0.2) is 0 Å². The lowest BCUT2D eigenvalue weighted by Crippen LogP contribution is -2.28. The quantitative estimate of drug-likeness (QED) is 0.0233. The molecule has 0 rings (SSSR count). The van der Waals surface area contributed by atoms with Crippen LogP contribution in [-0.4, -0.2) is 99.7 Å². The third kappa shape index (κ3) is 30.5. The van der Waals surface area contributed by atoms with Gasteiger partial charge in [-0.1, -0.05) is 18.8 Å². The summed E-state index contributed by atoms with van der Waals surface area (Å²) in [4.78, 5) is 68.5. The van der Waals surface area contributed by atoms with Crippen LogP contribution in [0.5, 0.6) is 0 Å². The molecule has 0 aromatic heterocycles. The molecule has 0 aliphatic heterocycles. The fourth-order valence-corrected chi connectivity index (χ4v) is 4.38. The first-order chi connectivity index (χ1) is 22.7. The largest absolute Gasteiger partial charge is 0.465 e. The molecule has 0 aromatic carbocycles. The zero-order chi connectivity index (χ0) is 35.0. The molecule has 0 spiro atoms. The van der Waals surface area contributed by atoms with Crippen molar-refractivity contribution in [2.45, 2.75) is 58.0 Å². The van der Waals surface area contributed by atoms with Gasteiger partial charge in [-0.05, 0) is 35.2 Å². The first-order valence-corrected chi connectivity index (χ1v) is 16.8. The molecule has 0 aromatic rings. The predicted molar refractivity (Wildman–Crippen MR) is 174 cm³/mol. The van der Waals surface area contributed by atoms with Crippen LogP contribution < -0.4 is 0 Å². The van der Waals surface area contributed by atoms with E-state index in [4.69, 9.17) is 41.3 Å². The number of carbonyl (C=O) groups excluding carboxylic acids is 6. The zero-order valence-corrected chi connectivity index (χ0v) is 28.1. The Hall–Kier alpha value is -3.92. The second-order valence-electron chi connectivity index (χ2n) is 9.10. The van der Waals surface area contributed by atoms with Crippen molar-refractivity contribution in [3.63, 3.8) is 0 Å². The van der Waals surface area contributed by atoms with Gasteiger partial charge in [0, 0.05) is 37.8 Å². The molecule has 15 heteroatoms. The van der Waals surface area contributed by atoms with E-state index in [-0.39, 0.29) is 59.1 Å². The lowest BCUT2D eigenvalue weighted by Gasteiger charge is -2.15. The average Bonchev–Trinajstić information content (AvgIpc) is 3.04. The third-order valence-electron chi connectivity index (χ3n) is 5.15. The van der Waals surface area contributed by atoms with Crippen LogP contribution in [0.25, 0.3) is 0 Å². The Balaban J connectivity index is 3.71. The second kappa shape index (κ2) is 30.7. The monoisotopic (exact) mass is 698 g/mol. The average molecular weight is 699 g/mol. The van der Waals surface area contributed by atoms with Gasteiger partial charge in [0.1, 0.15) is 32.3 Å². The van der Waals surface area contributed by atoms with Crippen LogP contribution in [0.1, 0.15) is 51.9 Å². The molecule has 0 aliphatic carbocycles. The van der Waals surface area contributed by atoms with E-state index >= 15 is 0 Å². The summed E-state index contributed by atoms with van der Waals surface area (Å²) in [5.41, 5.74) is 0. The summed E-state index contributed by atoms with van der Waals surface area (Å²) in [7, 11) is 0. The number of rotatable bonds is 27. The molecule has 13 nitrogen and oxygen atoms in total. The van der Waals surface area contributed by atoms with E-state index in [1.807, 2.05) is 0 Å². The maximum atomic E-state index is 11.8. The number of hydrogen-bond donors (Lipinski definition) is 0. The molecular weight excluding hydrogens is 656 g/mol. The lowest BCUT2D eigenvalue weighted by molar-refractivity contribution is -0.155. The van der Waals surface area contributed by atoms with Crippen LogP contribution in [0.2, 0.25) is 0 Å². The van der Waals surface area contributed by atoms with E-state index in [1.54, 1.807) is 16.7 Å². The Morgan fingerprint density at radius 3 is 1.70 bits per heavy atom. The van der Waals surface area contributed by atoms with Crippen molar-refractivity contribution in [1.29, 1.82) is 0 Å². The Morgan fingerprint density at radius 2 is 1.17 bits per heavy atom. The highest BCUT2D eigenvalue weighted by atomic mass is 32.2. The van der Waals surface area contributed by atoms with E-state index in [0.29, 0.717) is 0 Å². The summed E-state index contributed by atoms with van der Waals surface area (Å²) < 4.78 is 34.6. The second-order valence-corrected chi connectivity index (χ2v) is 11.1. The van der Waals surface area contributed by atoms with Crippen LogP contribution in [0, 0.1) is 24.7 Å². The maximum absolute atomic E-state index is 11.8. The molecule has 0 saturated carbocycles. The van der Waals surface area contributed by atoms with Gasteiger partial charge in [-0.15, -0.1) is 36.4 Å². The SMILES string of the molecule is C#CCOC(COC(C)=O)COC(=O)/C=C/SCCCCCCS/C=C/C(=O)OCCCOC(=O)CC(=O)OCCCOC(=O)C#C. The number of ether oxygens (including phenoxy) is 7. The highest BCUT2D eigenvalue weighted by Crippen LogP contribution is 2.12. The lowest BCUT2D eigenvalue weighted by atomic mass is 10.2. The minimum absolute atomic E-state index is 0.00470. The Morgan fingerprint density at radius 1 is 0.660 bits per heavy atom. The number of esters is 6. The molecule has 0 saturated heterocycles. The number of carbonyl (C=O) groups is 6. The Bertz CT molecular complexity index is 1110. The molecule has 0 N–H and O–H groups in total. The molecular formula is C32H42O13S2. The van der Waals surface area contributed by atoms with Crippen LogP contribution in [-0.2, 0) is 61.9 Å². The molecule has 1 atom stereocenters. The van der Waals surface area contributed by atoms with E-state index in [9.17, 15) is 28.8 Å². The first kappa shape index (κ1) is 43.1. The van der Waals surface area contributed by atoms with E-state index < -0.39 is 48.3 Å². The van der Waals surface area contributed by atoms with Crippen molar-refractivity contribution >= 4 is 59.3 Å². The van der Waals surface area contributed by atoms with Crippen molar-refractivity contribution in [3.05, 3.63) is 23.0 Å². The van der Waals surface area contributed by atoms with Crippen molar-refractivity contribution in [1.82, 2.24) is 0 Å². The highest BCUT2D eigenvalue weighted by molar-refractivity contribution is 8.02. The van der Waals surface area contributed by atoms with Gasteiger partial charge in [-0.25, -0.2) is 14.4 Å². The van der Waals surface area contributed by atoms with Gasteiger partial charge in [0.2, 0.25) is 0 Å². The third-order valence-corrected chi connectivity index (χ3v) is 6.85. The summed E-state index contributed by atoms with van der Waals surface area (Å²) in [6.45, 7) is 1.12. The zero-order valence-electron chi connectivity index (χ0n) is 26.5. The van der Waals surface area contributed by atoms with Gasteiger partial charge in [0.05, 0.1) is 26.4 Å². The van der Waals surface area contributed by atoms with Gasteiger partial charge in [-0.3, -0.25) is 14.4 Å². The van der Waals surface area contributed by atoms with Gasteiger partial charge < -0.3 is 33.2 Å². The summed E-state index contributed by atoms with van der Waals surface area (Å²) in [5, 5.41) is 3.35. The van der Waals surface area contributed by atoms with Crippen molar-refractivity contribution in [2.75, 3.05) is 57.8 Å². The Kier molecular flexibility index (Phi) is 28.2. The van der Waals surface area contributed by atoms with Crippen LogP contribution in [0.15, 0.2) is 23.0 Å². The number of unbranched alkanes of at least 4 members (excludes halogenated alkanes) is 3. The number of hydrogen-bond acceptors (Lipinski definition) is 15. The molecule has 260 valence electrons. The van der Waals surface area contributed by atoms with Gasteiger partial charge in [-0.2, -0.15) is 0 Å². The number of terminal acetylenes is 2.